The van der Waals surface area contributed by atoms with Gasteiger partial charge in [0, 0.05) is 14.0 Å². The van der Waals surface area contributed by atoms with Crippen molar-refractivity contribution in [1.29, 1.82) is 0 Å². The summed E-state index contributed by atoms with van der Waals surface area (Å²) in [6.07, 6.45) is 2.60. The maximum atomic E-state index is 10.0. The summed E-state index contributed by atoms with van der Waals surface area (Å²) >= 11 is 0. The molecule has 0 unspecified atom stereocenters. The van der Waals surface area contributed by atoms with Crippen LogP contribution in [0.5, 0.6) is 0 Å². The van der Waals surface area contributed by atoms with Crippen molar-refractivity contribution in [2.24, 2.45) is 4.99 Å². The van der Waals surface area contributed by atoms with E-state index in [4.69, 9.17) is 0 Å². The minimum atomic E-state index is -0.0920. The van der Waals surface area contributed by atoms with Crippen molar-refractivity contribution in [3.05, 3.63) is 0 Å². The quantitative estimate of drug-likeness (QED) is 0.436. The van der Waals surface area contributed by atoms with Crippen molar-refractivity contribution >= 4 is 12.2 Å². The Morgan fingerprint density at radius 1 is 1.60 bits per heavy atom. The van der Waals surface area contributed by atoms with Gasteiger partial charge in [-0.05, 0) is 0 Å². The van der Waals surface area contributed by atoms with Crippen molar-refractivity contribution in [3.63, 3.8) is 0 Å². The van der Waals surface area contributed by atoms with Crippen molar-refractivity contribution in [2.45, 2.75) is 27.2 Å². The van der Waals surface area contributed by atoms with Gasteiger partial charge in [-0.3, -0.25) is 9.79 Å². The third-order valence-electron chi connectivity index (χ3n) is 0.397. The van der Waals surface area contributed by atoms with Crippen LogP contribution in [0.1, 0.15) is 27.2 Å². The van der Waals surface area contributed by atoms with E-state index in [0.717, 1.165) is 0 Å². The highest BCUT2D eigenvalue weighted by atomic mass is 16.1. The molecule has 0 atom stereocenters. The molecule has 0 heterocycles. The Morgan fingerprint density at radius 2 is 2.00 bits per heavy atom. The molecule has 0 fully saturated rings. The van der Waals surface area contributed by atoms with Crippen LogP contribution in [-0.2, 0) is 4.79 Å². The molecule has 0 aromatic rings. The van der Waals surface area contributed by atoms with E-state index in [1.165, 1.54) is 19.7 Å². The minimum absolute atomic E-state index is 0.0920. The van der Waals surface area contributed by atoms with Gasteiger partial charge < -0.3 is 5.32 Å². The molecule has 3 nitrogen and oxygen atoms in total. The van der Waals surface area contributed by atoms with E-state index in [1.807, 2.05) is 0 Å². The molecule has 0 saturated heterocycles. The van der Waals surface area contributed by atoms with Gasteiger partial charge in [-0.15, -0.1) is 0 Å². The second-order valence-electron chi connectivity index (χ2n) is 1.79. The molecule has 1 N–H and O–H groups in total. The van der Waals surface area contributed by atoms with Crippen molar-refractivity contribution < 1.29 is 4.79 Å². The summed E-state index contributed by atoms with van der Waals surface area (Å²) in [5.74, 6) is -0.0920. The van der Waals surface area contributed by atoms with Gasteiger partial charge in [0.15, 0.2) is 0 Å². The summed E-state index contributed by atoms with van der Waals surface area (Å²) in [5, 5.41) is 2.36. The smallest absolute Gasteiger partial charge is 0.221 e. The van der Waals surface area contributed by atoms with E-state index in [9.17, 15) is 4.79 Å². The van der Waals surface area contributed by atoms with Gasteiger partial charge in [-0.2, -0.15) is 0 Å². The van der Waals surface area contributed by atoms with E-state index < -0.39 is 0 Å². The summed E-state index contributed by atoms with van der Waals surface area (Å²) in [5.41, 5.74) is 0. The van der Waals surface area contributed by atoms with Gasteiger partial charge in [0.05, 0.1) is 6.34 Å². The molecule has 0 radical (unpaired) electrons. The van der Waals surface area contributed by atoms with Gasteiger partial charge >= 0.3 is 0 Å². The van der Waals surface area contributed by atoms with E-state index in [0.29, 0.717) is 0 Å². The standard InChI is InChI=1S/C4H8N2O.C3H8/c1-4(7)6-3-5-2;1-3-2/h3H,1-2H3,(H,5,6,7);3H2,1-2H3. The molecule has 0 bridgehead atoms. The first-order chi connectivity index (χ1) is 4.68. The SMILES string of the molecule is CCC.CN=CNC(C)=O. The lowest BCUT2D eigenvalue weighted by Crippen LogP contribution is -2.16. The van der Waals surface area contributed by atoms with Gasteiger partial charge in [0.2, 0.25) is 5.91 Å². The van der Waals surface area contributed by atoms with Gasteiger partial charge in [-0.25, -0.2) is 0 Å². The average Bonchev–Trinajstić information content (AvgIpc) is 1.85. The van der Waals surface area contributed by atoms with Crippen LogP contribution in [0.15, 0.2) is 4.99 Å². The molecule has 0 aliphatic rings. The van der Waals surface area contributed by atoms with E-state index in [2.05, 4.69) is 24.2 Å². The lowest BCUT2D eigenvalue weighted by Gasteiger charge is -1.84. The molecule has 0 aliphatic heterocycles. The van der Waals surface area contributed by atoms with Gasteiger partial charge in [0.25, 0.3) is 0 Å². The lowest BCUT2D eigenvalue weighted by atomic mass is 10.6. The Morgan fingerprint density at radius 3 is 2.10 bits per heavy atom. The van der Waals surface area contributed by atoms with Crippen LogP contribution in [0.4, 0.5) is 0 Å². The normalized spacial score (nSPS) is 8.40. The number of carbonyl (C=O) groups is 1. The van der Waals surface area contributed by atoms with Crippen molar-refractivity contribution in [1.82, 2.24) is 5.32 Å². The number of aliphatic imine (C=N–C) groups is 1. The predicted octanol–water partition coefficient (Wildman–Crippen LogP) is 1.20. The molecule has 0 aliphatic carbocycles. The molecule has 0 saturated carbocycles. The van der Waals surface area contributed by atoms with E-state index >= 15 is 0 Å². The monoisotopic (exact) mass is 144 g/mol. The molecule has 60 valence electrons. The van der Waals surface area contributed by atoms with Crippen LogP contribution in [-0.4, -0.2) is 19.3 Å². The highest BCUT2D eigenvalue weighted by Gasteiger charge is 1.78. The zero-order valence-corrected chi connectivity index (χ0v) is 7.14. The Kier molecular flexibility index (Phi) is 13.1. The molecule has 0 aromatic carbocycles. The Bertz CT molecular complexity index is 99.8. The maximum absolute atomic E-state index is 10.0. The molecular weight excluding hydrogens is 128 g/mol. The number of hydrogen-bond donors (Lipinski definition) is 1. The van der Waals surface area contributed by atoms with Crippen LogP contribution < -0.4 is 5.32 Å². The number of hydrogen-bond acceptors (Lipinski definition) is 2. The van der Waals surface area contributed by atoms with E-state index in [-0.39, 0.29) is 5.91 Å². The molecule has 0 spiro atoms. The molecule has 1 amide bonds. The van der Waals surface area contributed by atoms with Crippen LogP contribution in [0, 0.1) is 0 Å². The molecule has 10 heavy (non-hydrogen) atoms. The summed E-state index contributed by atoms with van der Waals surface area (Å²) in [6.45, 7) is 5.68. The number of nitrogens with one attached hydrogen (secondary N) is 1. The van der Waals surface area contributed by atoms with Crippen LogP contribution >= 0.6 is 0 Å². The lowest BCUT2D eigenvalue weighted by molar-refractivity contribution is -0.117. The Hall–Kier alpha value is -0.860. The topological polar surface area (TPSA) is 41.5 Å². The first-order valence-electron chi connectivity index (χ1n) is 3.36. The predicted molar refractivity (Wildman–Crippen MR) is 44.2 cm³/mol. The number of rotatable bonds is 1. The van der Waals surface area contributed by atoms with Gasteiger partial charge in [0.1, 0.15) is 0 Å². The fraction of sp³-hybridized carbons (Fsp3) is 0.714. The zero-order chi connectivity index (χ0) is 8.41. The zero-order valence-electron chi connectivity index (χ0n) is 7.14. The fourth-order valence-electron chi connectivity index (χ4n) is 0.155. The first-order valence-corrected chi connectivity index (χ1v) is 3.36. The minimum Gasteiger partial charge on any atom is -0.317 e. The van der Waals surface area contributed by atoms with Crippen LogP contribution in [0.2, 0.25) is 0 Å². The third-order valence-corrected chi connectivity index (χ3v) is 0.397. The van der Waals surface area contributed by atoms with Crippen molar-refractivity contribution in [2.75, 3.05) is 7.05 Å². The second-order valence-corrected chi connectivity index (χ2v) is 1.79. The van der Waals surface area contributed by atoms with Crippen molar-refractivity contribution in [3.8, 4) is 0 Å². The largest absolute Gasteiger partial charge is 0.317 e. The third kappa shape index (κ3) is 27.3. The van der Waals surface area contributed by atoms with E-state index in [1.54, 1.807) is 7.05 Å². The summed E-state index contributed by atoms with van der Waals surface area (Å²) < 4.78 is 0. The molecular formula is C7H16N2O. The highest BCUT2D eigenvalue weighted by molar-refractivity contribution is 5.85. The summed E-state index contributed by atoms with van der Waals surface area (Å²) in [6, 6.07) is 0. The second kappa shape index (κ2) is 11.0. The summed E-state index contributed by atoms with van der Waals surface area (Å²) in [7, 11) is 1.59. The van der Waals surface area contributed by atoms with Gasteiger partial charge in [-0.1, -0.05) is 20.3 Å². The fourth-order valence-corrected chi connectivity index (χ4v) is 0.155. The number of amides is 1. The highest BCUT2D eigenvalue weighted by Crippen LogP contribution is 1.56. The number of nitrogens with zero attached hydrogens (tertiary/aromatic N) is 1. The Balaban J connectivity index is 0. The molecule has 0 rings (SSSR count). The Labute approximate surface area is 62.5 Å². The molecule has 3 heteroatoms. The average molecular weight is 144 g/mol. The molecule has 0 aromatic heterocycles. The van der Waals surface area contributed by atoms with Crippen LogP contribution in [0.25, 0.3) is 0 Å². The van der Waals surface area contributed by atoms with Crippen LogP contribution in [0.3, 0.4) is 0 Å². The maximum Gasteiger partial charge on any atom is 0.221 e. The summed E-state index contributed by atoms with van der Waals surface area (Å²) in [4.78, 5) is 13.5. The first kappa shape index (κ1) is 11.9. The number of carbonyl (C=O) groups excluding carboxylic acids is 1.